The molecule has 0 aromatic carbocycles. The van der Waals surface area contributed by atoms with E-state index in [1.54, 1.807) is 0 Å². The Balaban J connectivity index is 3.33. The van der Waals surface area contributed by atoms with Gasteiger partial charge in [0.05, 0.1) is 0 Å². The van der Waals surface area contributed by atoms with Gasteiger partial charge in [-0.1, -0.05) is 33.1 Å². The van der Waals surface area contributed by atoms with E-state index in [-0.39, 0.29) is 5.54 Å². The van der Waals surface area contributed by atoms with Crippen LogP contribution < -0.4 is 5.32 Å². The van der Waals surface area contributed by atoms with Crippen molar-refractivity contribution in [3.8, 4) is 0 Å². The third-order valence-corrected chi connectivity index (χ3v) is 3.27. The Morgan fingerprint density at radius 1 is 1.06 bits per heavy atom. The molecular formula is C16H35NO. The molecule has 110 valence electrons. The fraction of sp³-hybridized carbons (Fsp3) is 1.00. The van der Waals surface area contributed by atoms with Crippen molar-refractivity contribution >= 4 is 0 Å². The first kappa shape index (κ1) is 17.9. The van der Waals surface area contributed by atoms with Crippen molar-refractivity contribution in [3.05, 3.63) is 0 Å². The van der Waals surface area contributed by atoms with Crippen LogP contribution in [0.2, 0.25) is 0 Å². The van der Waals surface area contributed by atoms with E-state index in [1.165, 1.54) is 38.5 Å². The zero-order chi connectivity index (χ0) is 13.9. The zero-order valence-electron chi connectivity index (χ0n) is 13.3. The molecule has 18 heavy (non-hydrogen) atoms. The van der Waals surface area contributed by atoms with Crippen molar-refractivity contribution < 1.29 is 4.74 Å². The van der Waals surface area contributed by atoms with Crippen LogP contribution in [-0.2, 0) is 4.74 Å². The largest absolute Gasteiger partial charge is 0.381 e. The summed E-state index contributed by atoms with van der Waals surface area (Å²) in [6.45, 7) is 14.2. The fourth-order valence-electron chi connectivity index (χ4n) is 1.94. The Morgan fingerprint density at radius 2 is 1.78 bits per heavy atom. The summed E-state index contributed by atoms with van der Waals surface area (Å²) in [7, 11) is 0. The minimum Gasteiger partial charge on any atom is -0.381 e. The highest BCUT2D eigenvalue weighted by Gasteiger charge is 2.07. The number of hydrogen-bond donors (Lipinski definition) is 1. The van der Waals surface area contributed by atoms with E-state index in [1.807, 2.05) is 0 Å². The molecule has 0 aliphatic rings. The Kier molecular flexibility index (Phi) is 10.8. The topological polar surface area (TPSA) is 21.3 Å². The third kappa shape index (κ3) is 12.4. The van der Waals surface area contributed by atoms with Gasteiger partial charge in [0, 0.05) is 18.8 Å². The van der Waals surface area contributed by atoms with Crippen LogP contribution >= 0.6 is 0 Å². The number of hydrogen-bond acceptors (Lipinski definition) is 2. The van der Waals surface area contributed by atoms with Crippen LogP contribution in [0.3, 0.4) is 0 Å². The minimum atomic E-state index is 0.244. The van der Waals surface area contributed by atoms with Crippen LogP contribution in [-0.4, -0.2) is 25.3 Å². The standard InChI is InChI=1S/C16H35NO/c1-6-8-11-15(7-2)14-18-13-10-9-12-17-16(3,4)5/h15,17H,6-14H2,1-5H3. The maximum absolute atomic E-state index is 5.79. The molecule has 0 amide bonds. The predicted molar refractivity (Wildman–Crippen MR) is 81.1 cm³/mol. The summed E-state index contributed by atoms with van der Waals surface area (Å²) in [5, 5.41) is 3.51. The Hall–Kier alpha value is -0.0800. The number of ether oxygens (including phenoxy) is 1. The molecule has 0 aromatic heterocycles. The Bertz CT molecular complexity index is 174. The average molecular weight is 257 g/mol. The third-order valence-electron chi connectivity index (χ3n) is 3.27. The molecule has 0 fully saturated rings. The van der Waals surface area contributed by atoms with Crippen molar-refractivity contribution in [3.63, 3.8) is 0 Å². The van der Waals surface area contributed by atoms with Gasteiger partial charge in [-0.2, -0.15) is 0 Å². The lowest BCUT2D eigenvalue weighted by Crippen LogP contribution is -2.36. The number of unbranched alkanes of at least 4 members (excludes halogenated alkanes) is 2. The van der Waals surface area contributed by atoms with E-state index in [4.69, 9.17) is 4.74 Å². The van der Waals surface area contributed by atoms with Crippen LogP contribution in [0, 0.1) is 5.92 Å². The molecule has 1 atom stereocenters. The molecule has 2 nitrogen and oxygen atoms in total. The SMILES string of the molecule is CCCCC(CC)COCCCCNC(C)(C)C. The van der Waals surface area contributed by atoms with Crippen molar-refractivity contribution in [2.24, 2.45) is 5.92 Å². The van der Waals surface area contributed by atoms with Crippen LogP contribution in [0.4, 0.5) is 0 Å². The van der Waals surface area contributed by atoms with E-state index >= 15 is 0 Å². The summed E-state index contributed by atoms with van der Waals surface area (Å²) < 4.78 is 5.79. The molecule has 1 N–H and O–H groups in total. The summed E-state index contributed by atoms with van der Waals surface area (Å²) in [5.74, 6) is 0.776. The summed E-state index contributed by atoms with van der Waals surface area (Å²) in [6.07, 6.45) is 7.62. The fourth-order valence-corrected chi connectivity index (χ4v) is 1.94. The molecule has 2 heteroatoms. The smallest absolute Gasteiger partial charge is 0.0494 e. The highest BCUT2D eigenvalue weighted by Crippen LogP contribution is 2.12. The van der Waals surface area contributed by atoms with Gasteiger partial charge < -0.3 is 10.1 Å². The van der Waals surface area contributed by atoms with E-state index in [0.29, 0.717) is 0 Å². The Morgan fingerprint density at radius 3 is 2.33 bits per heavy atom. The van der Waals surface area contributed by atoms with Gasteiger partial charge in [0.25, 0.3) is 0 Å². The second kappa shape index (κ2) is 10.8. The molecule has 0 bridgehead atoms. The summed E-state index contributed by atoms with van der Waals surface area (Å²) in [6, 6.07) is 0. The minimum absolute atomic E-state index is 0.244. The maximum Gasteiger partial charge on any atom is 0.0494 e. The van der Waals surface area contributed by atoms with Crippen LogP contribution in [0.15, 0.2) is 0 Å². The van der Waals surface area contributed by atoms with Crippen molar-refractivity contribution in [2.75, 3.05) is 19.8 Å². The van der Waals surface area contributed by atoms with Crippen LogP contribution in [0.1, 0.15) is 73.1 Å². The second-order valence-electron chi connectivity index (χ2n) is 6.38. The van der Waals surface area contributed by atoms with Gasteiger partial charge in [-0.15, -0.1) is 0 Å². The van der Waals surface area contributed by atoms with E-state index in [2.05, 4.69) is 39.9 Å². The molecule has 0 radical (unpaired) electrons. The zero-order valence-corrected chi connectivity index (χ0v) is 13.3. The van der Waals surface area contributed by atoms with E-state index in [0.717, 1.165) is 25.7 Å². The van der Waals surface area contributed by atoms with Gasteiger partial charge in [-0.25, -0.2) is 0 Å². The van der Waals surface area contributed by atoms with Gasteiger partial charge in [0.15, 0.2) is 0 Å². The number of rotatable bonds is 11. The molecule has 0 spiro atoms. The Labute approximate surface area is 115 Å². The first-order chi connectivity index (χ1) is 8.49. The van der Waals surface area contributed by atoms with Crippen LogP contribution in [0.5, 0.6) is 0 Å². The van der Waals surface area contributed by atoms with Gasteiger partial charge in [0.1, 0.15) is 0 Å². The summed E-state index contributed by atoms with van der Waals surface area (Å²) in [5.41, 5.74) is 0.244. The molecule has 1 unspecified atom stereocenters. The van der Waals surface area contributed by atoms with Gasteiger partial charge in [-0.3, -0.25) is 0 Å². The van der Waals surface area contributed by atoms with Crippen LogP contribution in [0.25, 0.3) is 0 Å². The monoisotopic (exact) mass is 257 g/mol. The molecule has 0 aliphatic heterocycles. The first-order valence-electron chi connectivity index (χ1n) is 7.82. The highest BCUT2D eigenvalue weighted by molar-refractivity contribution is 4.69. The molecular weight excluding hydrogens is 222 g/mol. The van der Waals surface area contributed by atoms with Crippen molar-refractivity contribution in [1.29, 1.82) is 0 Å². The second-order valence-corrected chi connectivity index (χ2v) is 6.38. The molecule has 0 rings (SSSR count). The summed E-state index contributed by atoms with van der Waals surface area (Å²) >= 11 is 0. The lowest BCUT2D eigenvalue weighted by atomic mass is 10.0. The lowest BCUT2D eigenvalue weighted by molar-refractivity contribution is 0.0909. The molecule has 0 saturated carbocycles. The van der Waals surface area contributed by atoms with E-state index < -0.39 is 0 Å². The molecule has 0 aliphatic carbocycles. The van der Waals surface area contributed by atoms with Crippen molar-refractivity contribution in [2.45, 2.75) is 78.7 Å². The molecule has 0 heterocycles. The normalized spacial score (nSPS) is 13.8. The predicted octanol–water partition coefficient (Wildman–Crippen LogP) is 4.39. The van der Waals surface area contributed by atoms with Gasteiger partial charge in [-0.05, 0) is 52.5 Å². The lowest BCUT2D eigenvalue weighted by Gasteiger charge is -2.20. The van der Waals surface area contributed by atoms with Gasteiger partial charge in [0.2, 0.25) is 0 Å². The molecule has 0 aromatic rings. The van der Waals surface area contributed by atoms with E-state index in [9.17, 15) is 0 Å². The number of nitrogens with one attached hydrogen (secondary N) is 1. The highest BCUT2D eigenvalue weighted by atomic mass is 16.5. The summed E-state index contributed by atoms with van der Waals surface area (Å²) in [4.78, 5) is 0. The van der Waals surface area contributed by atoms with Crippen molar-refractivity contribution in [1.82, 2.24) is 5.32 Å². The molecule has 0 saturated heterocycles. The van der Waals surface area contributed by atoms with Gasteiger partial charge >= 0.3 is 0 Å². The average Bonchev–Trinajstić information content (AvgIpc) is 2.30. The maximum atomic E-state index is 5.79. The quantitative estimate of drug-likeness (QED) is 0.554. The first-order valence-corrected chi connectivity index (χ1v) is 7.82.